The monoisotopic (exact) mass is 431 g/mol. The number of hydrogen-bond donors (Lipinski definition) is 3. The standard InChI is InChI=1S/C23H29N3O3.ClH/c1-4-29-21-10-9-16(13-22(21)28-3)18(14-26-23(27)11-12-24-2)19-15-25-20-8-6-5-7-17(19)20;/h5-10,13,15,18,24-25H,4,11-12,14H2,1-3H3,(H,26,27);1H. The van der Waals surface area contributed by atoms with Crippen molar-refractivity contribution in [1.29, 1.82) is 0 Å². The van der Waals surface area contributed by atoms with Crippen LogP contribution in [0.2, 0.25) is 0 Å². The Morgan fingerprint density at radius 3 is 2.70 bits per heavy atom. The number of nitrogens with one attached hydrogen (secondary N) is 3. The van der Waals surface area contributed by atoms with Crippen LogP contribution in [-0.4, -0.2) is 44.7 Å². The van der Waals surface area contributed by atoms with Crippen molar-refractivity contribution in [3.05, 3.63) is 59.8 Å². The molecule has 30 heavy (non-hydrogen) atoms. The smallest absolute Gasteiger partial charge is 0.221 e. The van der Waals surface area contributed by atoms with Crippen LogP contribution in [0.1, 0.15) is 30.4 Å². The average molecular weight is 432 g/mol. The Hall–Kier alpha value is -2.70. The second-order valence-electron chi connectivity index (χ2n) is 6.84. The molecule has 0 radical (unpaired) electrons. The van der Waals surface area contributed by atoms with E-state index < -0.39 is 0 Å². The van der Waals surface area contributed by atoms with Gasteiger partial charge in [0, 0.05) is 42.5 Å². The number of carbonyl (C=O) groups is 1. The number of fused-ring (bicyclic) bond motifs is 1. The van der Waals surface area contributed by atoms with Crippen LogP contribution in [0.3, 0.4) is 0 Å². The van der Waals surface area contributed by atoms with Crippen molar-refractivity contribution in [1.82, 2.24) is 15.6 Å². The highest BCUT2D eigenvalue weighted by Gasteiger charge is 2.20. The van der Waals surface area contributed by atoms with Gasteiger partial charge in [-0.1, -0.05) is 24.3 Å². The predicted octanol–water partition coefficient (Wildman–Crippen LogP) is 3.85. The lowest BCUT2D eigenvalue weighted by atomic mass is 9.90. The van der Waals surface area contributed by atoms with Crippen molar-refractivity contribution in [3.63, 3.8) is 0 Å². The summed E-state index contributed by atoms with van der Waals surface area (Å²) in [5, 5.41) is 7.24. The number of hydrogen-bond acceptors (Lipinski definition) is 4. The molecule has 2 aromatic carbocycles. The summed E-state index contributed by atoms with van der Waals surface area (Å²) in [6.45, 7) is 3.67. The highest BCUT2D eigenvalue weighted by Crippen LogP contribution is 2.35. The molecular formula is C23H30ClN3O3. The van der Waals surface area contributed by atoms with E-state index in [0.717, 1.165) is 27.8 Å². The number of ether oxygens (including phenoxy) is 2. The van der Waals surface area contributed by atoms with E-state index in [0.29, 0.717) is 31.9 Å². The summed E-state index contributed by atoms with van der Waals surface area (Å²) >= 11 is 0. The van der Waals surface area contributed by atoms with Gasteiger partial charge in [-0.05, 0) is 43.3 Å². The van der Waals surface area contributed by atoms with E-state index >= 15 is 0 Å². The molecule has 1 heterocycles. The lowest BCUT2D eigenvalue weighted by Gasteiger charge is -2.20. The number of amides is 1. The molecule has 0 fully saturated rings. The first-order valence-corrected chi connectivity index (χ1v) is 9.96. The molecule has 162 valence electrons. The van der Waals surface area contributed by atoms with Crippen LogP contribution >= 0.6 is 12.4 Å². The second kappa shape index (κ2) is 11.5. The number of halogens is 1. The molecule has 3 aromatic rings. The van der Waals surface area contributed by atoms with Crippen LogP contribution in [0.25, 0.3) is 10.9 Å². The number of H-pyrrole nitrogens is 1. The molecule has 0 saturated carbocycles. The number of aromatic amines is 1. The van der Waals surface area contributed by atoms with Crippen molar-refractivity contribution < 1.29 is 14.3 Å². The Bertz CT molecular complexity index is 958. The van der Waals surface area contributed by atoms with E-state index in [4.69, 9.17) is 9.47 Å². The fraction of sp³-hybridized carbons (Fsp3) is 0.348. The SMILES string of the molecule is CCOc1ccc(C(CNC(=O)CCNC)c2c[nH]c3ccccc23)cc1OC.Cl. The van der Waals surface area contributed by atoms with Crippen molar-refractivity contribution in [3.8, 4) is 11.5 Å². The van der Waals surface area contributed by atoms with Crippen LogP contribution in [0, 0.1) is 0 Å². The summed E-state index contributed by atoms with van der Waals surface area (Å²) in [7, 11) is 3.48. The molecule has 3 N–H and O–H groups in total. The maximum absolute atomic E-state index is 12.2. The zero-order valence-corrected chi connectivity index (χ0v) is 18.5. The summed E-state index contributed by atoms with van der Waals surface area (Å²) in [6.07, 6.45) is 2.47. The third kappa shape index (κ3) is 5.46. The van der Waals surface area contributed by atoms with E-state index in [1.165, 1.54) is 0 Å². The molecule has 1 aromatic heterocycles. The number of methoxy groups -OCH3 is 1. The number of benzene rings is 2. The molecule has 3 rings (SSSR count). The minimum absolute atomic E-state index is 0. The van der Waals surface area contributed by atoms with Gasteiger partial charge < -0.3 is 25.1 Å². The first-order chi connectivity index (χ1) is 14.2. The van der Waals surface area contributed by atoms with E-state index in [1.807, 2.05) is 50.5 Å². The Kier molecular flexibility index (Phi) is 9.02. The van der Waals surface area contributed by atoms with E-state index in [9.17, 15) is 4.79 Å². The summed E-state index contributed by atoms with van der Waals surface area (Å²) in [5.74, 6) is 1.42. The summed E-state index contributed by atoms with van der Waals surface area (Å²) < 4.78 is 11.2. The minimum Gasteiger partial charge on any atom is -0.493 e. The number of aromatic nitrogens is 1. The first kappa shape index (κ1) is 23.6. The normalized spacial score (nSPS) is 11.6. The van der Waals surface area contributed by atoms with Crippen LogP contribution < -0.4 is 20.1 Å². The lowest BCUT2D eigenvalue weighted by Crippen LogP contribution is -2.30. The summed E-state index contributed by atoms with van der Waals surface area (Å²) in [6, 6.07) is 14.2. The molecule has 1 unspecified atom stereocenters. The van der Waals surface area contributed by atoms with Crippen molar-refractivity contribution in [2.45, 2.75) is 19.3 Å². The van der Waals surface area contributed by atoms with Crippen molar-refractivity contribution >= 4 is 29.2 Å². The summed E-state index contributed by atoms with van der Waals surface area (Å²) in [5.41, 5.74) is 3.27. The van der Waals surface area contributed by atoms with Crippen LogP contribution in [0.5, 0.6) is 11.5 Å². The fourth-order valence-corrected chi connectivity index (χ4v) is 3.51. The third-order valence-corrected chi connectivity index (χ3v) is 4.99. The van der Waals surface area contributed by atoms with Crippen molar-refractivity contribution in [2.75, 3.05) is 33.9 Å². The maximum atomic E-state index is 12.2. The molecule has 0 aliphatic carbocycles. The highest BCUT2D eigenvalue weighted by molar-refractivity contribution is 5.85. The molecular weight excluding hydrogens is 402 g/mol. The van der Waals surface area contributed by atoms with Gasteiger partial charge in [-0.15, -0.1) is 12.4 Å². The van der Waals surface area contributed by atoms with Crippen molar-refractivity contribution in [2.24, 2.45) is 0 Å². The average Bonchev–Trinajstić information content (AvgIpc) is 3.17. The topological polar surface area (TPSA) is 75.4 Å². The largest absolute Gasteiger partial charge is 0.493 e. The molecule has 0 saturated heterocycles. The maximum Gasteiger partial charge on any atom is 0.221 e. The van der Waals surface area contributed by atoms with Gasteiger partial charge >= 0.3 is 0 Å². The lowest BCUT2D eigenvalue weighted by molar-refractivity contribution is -0.121. The van der Waals surface area contributed by atoms with Gasteiger partial charge in [-0.2, -0.15) is 0 Å². The molecule has 6 nitrogen and oxygen atoms in total. The fourth-order valence-electron chi connectivity index (χ4n) is 3.51. The Balaban J connectivity index is 0.00000320. The Morgan fingerprint density at radius 2 is 1.97 bits per heavy atom. The van der Waals surface area contributed by atoms with Gasteiger partial charge in [0.05, 0.1) is 13.7 Å². The first-order valence-electron chi connectivity index (χ1n) is 9.96. The molecule has 1 amide bonds. The molecule has 0 aliphatic rings. The van der Waals surface area contributed by atoms with Crippen LogP contribution in [-0.2, 0) is 4.79 Å². The summed E-state index contributed by atoms with van der Waals surface area (Å²) in [4.78, 5) is 15.6. The van der Waals surface area contributed by atoms with E-state index in [2.05, 4.69) is 27.8 Å². The number of para-hydroxylation sites is 1. The van der Waals surface area contributed by atoms with Gasteiger partial charge in [0.2, 0.25) is 5.91 Å². The van der Waals surface area contributed by atoms with Gasteiger partial charge in [-0.3, -0.25) is 4.79 Å². The zero-order valence-electron chi connectivity index (χ0n) is 17.7. The molecule has 0 spiro atoms. The Labute approximate surface area is 183 Å². The zero-order chi connectivity index (χ0) is 20.6. The molecule has 0 bridgehead atoms. The van der Waals surface area contributed by atoms with E-state index in [1.54, 1.807) is 7.11 Å². The van der Waals surface area contributed by atoms with Crippen LogP contribution in [0.15, 0.2) is 48.7 Å². The van der Waals surface area contributed by atoms with Crippen LogP contribution in [0.4, 0.5) is 0 Å². The number of carbonyl (C=O) groups excluding carboxylic acids is 1. The third-order valence-electron chi connectivity index (χ3n) is 4.99. The van der Waals surface area contributed by atoms with E-state index in [-0.39, 0.29) is 24.2 Å². The van der Waals surface area contributed by atoms with Gasteiger partial charge in [0.1, 0.15) is 0 Å². The molecule has 1 atom stereocenters. The van der Waals surface area contributed by atoms with Gasteiger partial charge in [-0.25, -0.2) is 0 Å². The quantitative estimate of drug-likeness (QED) is 0.455. The predicted molar refractivity (Wildman–Crippen MR) is 123 cm³/mol. The number of rotatable bonds is 10. The van der Waals surface area contributed by atoms with Gasteiger partial charge in [0.25, 0.3) is 0 Å². The minimum atomic E-state index is -0.0192. The van der Waals surface area contributed by atoms with Gasteiger partial charge in [0.15, 0.2) is 11.5 Å². The molecule has 7 heteroatoms. The highest BCUT2D eigenvalue weighted by atomic mass is 35.5. The second-order valence-corrected chi connectivity index (χ2v) is 6.84. The Morgan fingerprint density at radius 1 is 1.17 bits per heavy atom. The molecule has 0 aliphatic heterocycles.